The van der Waals surface area contributed by atoms with E-state index < -0.39 is 0 Å². The van der Waals surface area contributed by atoms with Gasteiger partial charge in [-0.2, -0.15) is 0 Å². The first-order valence-electron chi connectivity index (χ1n) is 10.0. The number of aryl methyl sites for hydroxylation is 1. The molecule has 2 heterocycles. The van der Waals surface area contributed by atoms with Crippen molar-refractivity contribution < 1.29 is 9.53 Å². The molecule has 2 aromatic carbocycles. The lowest BCUT2D eigenvalue weighted by Gasteiger charge is -2.31. The topological polar surface area (TPSA) is 37.7 Å². The average molecular weight is 389 g/mol. The molecule has 1 aromatic heterocycles. The van der Waals surface area contributed by atoms with E-state index in [-0.39, 0.29) is 5.91 Å². The van der Waals surface area contributed by atoms with E-state index >= 15 is 0 Å². The van der Waals surface area contributed by atoms with Crippen molar-refractivity contribution in [3.05, 3.63) is 83.7 Å². The Morgan fingerprint density at radius 3 is 2.48 bits per heavy atom. The fourth-order valence-electron chi connectivity index (χ4n) is 3.82. The number of carbonyl (C=O) groups excluding carboxylic acids is 1. The summed E-state index contributed by atoms with van der Waals surface area (Å²) in [7, 11) is 1.87. The fourth-order valence-corrected chi connectivity index (χ4v) is 3.82. The number of benzene rings is 2. The van der Waals surface area contributed by atoms with Gasteiger partial charge in [-0.1, -0.05) is 24.3 Å². The van der Waals surface area contributed by atoms with Crippen LogP contribution in [0.4, 0.5) is 5.69 Å². The minimum atomic E-state index is 0.0233. The first kappa shape index (κ1) is 19.3. The summed E-state index contributed by atoms with van der Waals surface area (Å²) >= 11 is 0. The van der Waals surface area contributed by atoms with Crippen molar-refractivity contribution in [1.82, 2.24) is 9.47 Å². The lowest BCUT2D eigenvalue weighted by Crippen LogP contribution is -2.37. The maximum Gasteiger partial charge on any atom is 0.253 e. The molecule has 0 bridgehead atoms. The van der Waals surface area contributed by atoms with Crippen molar-refractivity contribution in [3.63, 3.8) is 0 Å². The number of hydrogen-bond donors (Lipinski definition) is 0. The molecular formula is C24H27N3O2. The molecular weight excluding hydrogens is 362 g/mol. The number of amides is 1. The van der Waals surface area contributed by atoms with Crippen LogP contribution in [0.5, 0.6) is 0 Å². The van der Waals surface area contributed by atoms with Crippen molar-refractivity contribution in [3.8, 4) is 5.69 Å². The van der Waals surface area contributed by atoms with Crippen LogP contribution in [0, 0.1) is 6.92 Å². The second-order valence-corrected chi connectivity index (χ2v) is 7.48. The standard InChI is InChI=1S/C24H27N3O2/c1-19-9-10-20(17-23(19)26-11-5-6-12-26)24(28)25(2)18-21-7-3-4-8-22(21)27-13-15-29-16-14-27/h3-12,17H,13-16,18H2,1-2H3. The highest BCUT2D eigenvalue weighted by Gasteiger charge is 2.18. The maximum absolute atomic E-state index is 13.2. The maximum atomic E-state index is 13.2. The minimum Gasteiger partial charge on any atom is -0.378 e. The summed E-state index contributed by atoms with van der Waals surface area (Å²) in [5, 5.41) is 0. The lowest BCUT2D eigenvalue weighted by molar-refractivity contribution is 0.0785. The Morgan fingerprint density at radius 1 is 1.00 bits per heavy atom. The molecule has 1 fully saturated rings. The zero-order valence-electron chi connectivity index (χ0n) is 17.0. The molecule has 0 aliphatic carbocycles. The number of rotatable bonds is 5. The third-order valence-electron chi connectivity index (χ3n) is 5.44. The highest BCUT2D eigenvalue weighted by molar-refractivity contribution is 5.94. The van der Waals surface area contributed by atoms with Crippen molar-refractivity contribution in [2.24, 2.45) is 0 Å². The first-order chi connectivity index (χ1) is 14.1. The molecule has 0 spiro atoms. The molecule has 0 radical (unpaired) electrons. The number of nitrogens with zero attached hydrogens (tertiary/aromatic N) is 3. The van der Waals surface area contributed by atoms with Gasteiger partial charge in [0.15, 0.2) is 0 Å². The molecule has 1 amide bonds. The summed E-state index contributed by atoms with van der Waals surface area (Å²) < 4.78 is 7.52. The number of ether oxygens (including phenoxy) is 1. The molecule has 0 N–H and O–H groups in total. The van der Waals surface area contributed by atoms with E-state index in [0.29, 0.717) is 12.1 Å². The van der Waals surface area contributed by atoms with Crippen LogP contribution in [0.3, 0.4) is 0 Å². The second kappa shape index (κ2) is 8.53. The van der Waals surface area contributed by atoms with Crippen LogP contribution in [0.25, 0.3) is 5.69 Å². The van der Waals surface area contributed by atoms with E-state index in [1.54, 1.807) is 4.90 Å². The van der Waals surface area contributed by atoms with Crippen LogP contribution in [0.15, 0.2) is 67.0 Å². The molecule has 0 unspecified atom stereocenters. The van der Waals surface area contributed by atoms with Gasteiger partial charge in [0.1, 0.15) is 0 Å². The fraction of sp³-hybridized carbons (Fsp3) is 0.292. The third kappa shape index (κ3) is 4.20. The van der Waals surface area contributed by atoms with Gasteiger partial charge in [0.2, 0.25) is 0 Å². The number of anilines is 1. The third-order valence-corrected chi connectivity index (χ3v) is 5.44. The zero-order chi connectivity index (χ0) is 20.2. The van der Waals surface area contributed by atoms with Crippen LogP contribution in [-0.2, 0) is 11.3 Å². The van der Waals surface area contributed by atoms with Crippen molar-refractivity contribution in [2.75, 3.05) is 38.3 Å². The van der Waals surface area contributed by atoms with Gasteiger partial charge >= 0.3 is 0 Å². The normalized spacial score (nSPS) is 14.1. The molecule has 1 aliphatic rings. The van der Waals surface area contributed by atoms with Gasteiger partial charge in [-0.25, -0.2) is 0 Å². The van der Waals surface area contributed by atoms with Gasteiger partial charge < -0.3 is 19.1 Å². The Labute approximate surface area is 172 Å². The Balaban J connectivity index is 1.55. The van der Waals surface area contributed by atoms with E-state index in [0.717, 1.165) is 43.1 Å². The van der Waals surface area contributed by atoms with Crippen LogP contribution in [-0.4, -0.2) is 48.7 Å². The SMILES string of the molecule is Cc1ccc(C(=O)N(C)Cc2ccccc2N2CCOCC2)cc1-n1cccc1. The molecule has 1 saturated heterocycles. The Kier molecular flexibility index (Phi) is 5.67. The summed E-state index contributed by atoms with van der Waals surface area (Å²) in [4.78, 5) is 17.3. The Morgan fingerprint density at radius 2 is 1.72 bits per heavy atom. The molecule has 5 heteroatoms. The number of aromatic nitrogens is 1. The van der Waals surface area contributed by atoms with Crippen molar-refractivity contribution in [1.29, 1.82) is 0 Å². The summed E-state index contributed by atoms with van der Waals surface area (Å²) in [6, 6.07) is 18.2. The summed E-state index contributed by atoms with van der Waals surface area (Å²) in [6.07, 6.45) is 4.00. The largest absolute Gasteiger partial charge is 0.378 e. The number of carbonyl (C=O) groups is 1. The molecule has 29 heavy (non-hydrogen) atoms. The van der Waals surface area contributed by atoms with Gasteiger partial charge in [-0.3, -0.25) is 4.79 Å². The molecule has 1 aliphatic heterocycles. The molecule has 5 nitrogen and oxygen atoms in total. The van der Waals surface area contributed by atoms with Gasteiger partial charge in [0.25, 0.3) is 5.91 Å². The molecule has 0 saturated carbocycles. The van der Waals surface area contributed by atoms with Crippen LogP contribution in [0.1, 0.15) is 21.5 Å². The Bertz CT molecular complexity index is 976. The van der Waals surface area contributed by atoms with E-state index in [2.05, 4.69) is 30.0 Å². The second-order valence-electron chi connectivity index (χ2n) is 7.48. The average Bonchev–Trinajstić information content (AvgIpc) is 3.29. The first-order valence-corrected chi connectivity index (χ1v) is 10.0. The van der Waals surface area contributed by atoms with E-state index in [1.807, 2.05) is 60.4 Å². The number of morpholine rings is 1. The number of hydrogen-bond acceptors (Lipinski definition) is 3. The molecule has 0 atom stereocenters. The minimum absolute atomic E-state index is 0.0233. The van der Waals surface area contributed by atoms with E-state index in [4.69, 9.17) is 4.74 Å². The van der Waals surface area contributed by atoms with E-state index in [1.165, 1.54) is 5.69 Å². The predicted octanol–water partition coefficient (Wildman–Crippen LogP) is 3.89. The van der Waals surface area contributed by atoms with Gasteiger partial charge in [0, 0.05) is 56.0 Å². The van der Waals surface area contributed by atoms with Crippen molar-refractivity contribution in [2.45, 2.75) is 13.5 Å². The number of para-hydroxylation sites is 1. The van der Waals surface area contributed by atoms with Gasteiger partial charge in [-0.05, 0) is 48.4 Å². The van der Waals surface area contributed by atoms with Crippen LogP contribution < -0.4 is 4.90 Å². The van der Waals surface area contributed by atoms with Gasteiger partial charge in [0.05, 0.1) is 13.2 Å². The highest BCUT2D eigenvalue weighted by Crippen LogP contribution is 2.24. The monoisotopic (exact) mass is 389 g/mol. The molecule has 150 valence electrons. The van der Waals surface area contributed by atoms with Crippen LogP contribution in [0.2, 0.25) is 0 Å². The van der Waals surface area contributed by atoms with E-state index in [9.17, 15) is 4.79 Å². The summed E-state index contributed by atoms with van der Waals surface area (Å²) in [6.45, 7) is 5.88. The highest BCUT2D eigenvalue weighted by atomic mass is 16.5. The summed E-state index contributed by atoms with van der Waals surface area (Å²) in [5.74, 6) is 0.0233. The molecule has 3 aromatic rings. The quantitative estimate of drug-likeness (QED) is 0.664. The van der Waals surface area contributed by atoms with Gasteiger partial charge in [-0.15, -0.1) is 0 Å². The predicted molar refractivity (Wildman–Crippen MR) is 116 cm³/mol. The van der Waals surface area contributed by atoms with Crippen molar-refractivity contribution >= 4 is 11.6 Å². The Hall–Kier alpha value is -3.05. The lowest BCUT2D eigenvalue weighted by atomic mass is 10.1. The smallest absolute Gasteiger partial charge is 0.253 e. The molecule has 4 rings (SSSR count). The zero-order valence-corrected chi connectivity index (χ0v) is 17.0. The summed E-state index contributed by atoms with van der Waals surface area (Å²) in [5.41, 5.74) is 5.21. The van der Waals surface area contributed by atoms with Crippen LogP contribution >= 0.6 is 0 Å².